The first-order valence-corrected chi connectivity index (χ1v) is 4.15. The second kappa shape index (κ2) is 4.89. The largest absolute Gasteiger partial charge is 0.480 e. The number of amides is 2. The Labute approximate surface area is 85.5 Å². The van der Waals surface area contributed by atoms with E-state index in [9.17, 15) is 9.59 Å². The minimum Gasteiger partial charge on any atom is -0.480 e. The van der Waals surface area contributed by atoms with Gasteiger partial charge in [0.05, 0.1) is 18.1 Å². The lowest BCUT2D eigenvalue weighted by atomic mass is 10.3. The number of anilines is 1. The molecule has 1 aromatic heterocycles. The lowest BCUT2D eigenvalue weighted by Crippen LogP contribution is -2.40. The van der Waals surface area contributed by atoms with Crippen molar-refractivity contribution < 1.29 is 14.7 Å². The third kappa shape index (κ3) is 3.59. The van der Waals surface area contributed by atoms with E-state index in [4.69, 9.17) is 5.11 Å². The van der Waals surface area contributed by atoms with Crippen LogP contribution in [0.5, 0.6) is 0 Å². The smallest absolute Gasteiger partial charge is 0.325 e. The van der Waals surface area contributed by atoms with Crippen LogP contribution in [0, 0.1) is 0 Å². The highest BCUT2D eigenvalue weighted by Gasteiger charge is 2.13. The van der Waals surface area contributed by atoms with Gasteiger partial charge < -0.3 is 15.7 Å². The maximum absolute atomic E-state index is 11.2. The molecule has 3 N–H and O–H groups in total. The van der Waals surface area contributed by atoms with Gasteiger partial charge in [0.25, 0.3) is 0 Å². The minimum absolute atomic E-state index is 0.396. The van der Waals surface area contributed by atoms with Gasteiger partial charge in [-0.25, -0.2) is 14.8 Å². The van der Waals surface area contributed by atoms with Crippen LogP contribution in [0.4, 0.5) is 10.5 Å². The van der Waals surface area contributed by atoms with Gasteiger partial charge in [-0.3, -0.25) is 4.79 Å². The molecule has 0 saturated carbocycles. The third-order valence-electron chi connectivity index (χ3n) is 1.54. The van der Waals surface area contributed by atoms with Crippen molar-refractivity contribution in [2.75, 3.05) is 5.32 Å². The zero-order valence-corrected chi connectivity index (χ0v) is 7.97. The molecule has 2 amide bonds. The van der Waals surface area contributed by atoms with Crippen molar-refractivity contribution in [2.24, 2.45) is 0 Å². The van der Waals surface area contributed by atoms with Gasteiger partial charge in [0.1, 0.15) is 12.4 Å². The molecule has 1 rings (SSSR count). The lowest BCUT2D eigenvalue weighted by molar-refractivity contribution is -0.138. The van der Waals surface area contributed by atoms with Crippen LogP contribution in [0.2, 0.25) is 0 Å². The maximum atomic E-state index is 11.2. The zero-order chi connectivity index (χ0) is 11.3. The molecular weight excluding hydrogens is 200 g/mol. The maximum Gasteiger partial charge on any atom is 0.325 e. The summed E-state index contributed by atoms with van der Waals surface area (Å²) in [5, 5.41) is 13.1. The minimum atomic E-state index is -1.10. The molecule has 15 heavy (non-hydrogen) atoms. The molecule has 0 aliphatic carbocycles. The van der Waals surface area contributed by atoms with Crippen LogP contribution in [0.3, 0.4) is 0 Å². The fourth-order valence-corrected chi connectivity index (χ4v) is 0.789. The van der Waals surface area contributed by atoms with Crippen LogP contribution in [-0.2, 0) is 4.79 Å². The summed E-state index contributed by atoms with van der Waals surface area (Å²) in [6, 6.07) is -1.56. The molecule has 0 radical (unpaired) electrons. The molecule has 80 valence electrons. The first-order chi connectivity index (χ1) is 7.09. The molecule has 1 aromatic rings. The van der Waals surface area contributed by atoms with Crippen LogP contribution >= 0.6 is 0 Å². The molecule has 0 spiro atoms. The van der Waals surface area contributed by atoms with Crippen LogP contribution in [0.15, 0.2) is 18.7 Å². The molecule has 0 saturated heterocycles. The summed E-state index contributed by atoms with van der Waals surface area (Å²) in [5.41, 5.74) is 0.396. The molecular formula is C8H10N4O3. The molecule has 0 aromatic carbocycles. The van der Waals surface area contributed by atoms with Gasteiger partial charge in [-0.2, -0.15) is 0 Å². The molecule has 0 aliphatic rings. The number of rotatable bonds is 3. The van der Waals surface area contributed by atoms with Gasteiger partial charge in [0.2, 0.25) is 0 Å². The fourth-order valence-electron chi connectivity index (χ4n) is 0.789. The number of carboxylic acid groups (broad SMARTS) is 1. The van der Waals surface area contributed by atoms with Gasteiger partial charge >= 0.3 is 12.0 Å². The number of aliphatic carboxylic acids is 1. The van der Waals surface area contributed by atoms with Crippen molar-refractivity contribution in [2.45, 2.75) is 13.0 Å². The summed E-state index contributed by atoms with van der Waals surface area (Å²) >= 11 is 0. The SMILES string of the molecule is C[C@@H](NC(=O)Nc1cncnc1)C(=O)O. The van der Waals surface area contributed by atoms with Crippen LogP contribution < -0.4 is 10.6 Å². The first-order valence-electron chi connectivity index (χ1n) is 4.15. The monoisotopic (exact) mass is 210 g/mol. The van der Waals surface area contributed by atoms with E-state index >= 15 is 0 Å². The van der Waals surface area contributed by atoms with Crippen molar-refractivity contribution in [3.05, 3.63) is 18.7 Å². The van der Waals surface area contributed by atoms with E-state index in [0.717, 1.165) is 0 Å². The van der Waals surface area contributed by atoms with E-state index in [-0.39, 0.29) is 0 Å². The Morgan fingerprint density at radius 3 is 2.53 bits per heavy atom. The molecule has 0 unspecified atom stereocenters. The van der Waals surface area contributed by atoms with Gasteiger partial charge in [-0.05, 0) is 6.92 Å². The van der Waals surface area contributed by atoms with Crippen molar-refractivity contribution in [3.8, 4) is 0 Å². The highest BCUT2D eigenvalue weighted by molar-refractivity contribution is 5.91. The predicted molar refractivity (Wildman–Crippen MR) is 51.3 cm³/mol. The zero-order valence-electron chi connectivity index (χ0n) is 7.97. The van der Waals surface area contributed by atoms with Crippen molar-refractivity contribution in [3.63, 3.8) is 0 Å². The number of carbonyl (C=O) groups is 2. The van der Waals surface area contributed by atoms with Gasteiger partial charge in [-0.1, -0.05) is 0 Å². The first kappa shape index (κ1) is 10.9. The third-order valence-corrected chi connectivity index (χ3v) is 1.54. The van der Waals surface area contributed by atoms with E-state index in [0.29, 0.717) is 5.69 Å². The van der Waals surface area contributed by atoms with Crippen molar-refractivity contribution in [1.29, 1.82) is 0 Å². The quantitative estimate of drug-likeness (QED) is 0.654. The van der Waals surface area contributed by atoms with E-state index < -0.39 is 18.0 Å². The van der Waals surface area contributed by atoms with Gasteiger partial charge in [-0.15, -0.1) is 0 Å². The normalized spacial score (nSPS) is 11.5. The molecule has 0 fully saturated rings. The summed E-state index contributed by atoms with van der Waals surface area (Å²) in [4.78, 5) is 29.0. The average Bonchev–Trinajstić information content (AvgIpc) is 2.18. The number of hydrogen-bond donors (Lipinski definition) is 3. The molecule has 1 heterocycles. The summed E-state index contributed by atoms with van der Waals surface area (Å²) in [6.07, 6.45) is 4.12. The lowest BCUT2D eigenvalue weighted by Gasteiger charge is -2.09. The fraction of sp³-hybridized carbons (Fsp3) is 0.250. The van der Waals surface area contributed by atoms with Crippen LogP contribution in [0.25, 0.3) is 0 Å². The number of hydrogen-bond acceptors (Lipinski definition) is 4. The van der Waals surface area contributed by atoms with E-state index in [1.54, 1.807) is 0 Å². The highest BCUT2D eigenvalue weighted by atomic mass is 16.4. The summed E-state index contributed by atoms with van der Waals surface area (Å²) in [5.74, 6) is -1.10. The molecule has 0 bridgehead atoms. The van der Waals surface area contributed by atoms with Crippen molar-refractivity contribution >= 4 is 17.7 Å². The Kier molecular flexibility index (Phi) is 3.55. The molecule has 1 atom stereocenters. The number of carboxylic acids is 1. The molecule has 7 nitrogen and oxygen atoms in total. The molecule has 7 heteroatoms. The standard InChI is InChI=1S/C8H10N4O3/c1-5(7(13)14)11-8(15)12-6-2-9-4-10-3-6/h2-5H,1H3,(H,13,14)(H2,11,12,15)/t5-/m1/s1. The van der Waals surface area contributed by atoms with Crippen LogP contribution in [0.1, 0.15) is 6.92 Å². The summed E-state index contributed by atoms with van der Waals surface area (Å²) < 4.78 is 0. The number of nitrogens with one attached hydrogen (secondary N) is 2. The number of urea groups is 1. The Bertz CT molecular complexity index is 354. The summed E-state index contributed by atoms with van der Waals surface area (Å²) in [7, 11) is 0. The van der Waals surface area contributed by atoms with Gasteiger partial charge in [0.15, 0.2) is 0 Å². The Morgan fingerprint density at radius 1 is 1.40 bits per heavy atom. The average molecular weight is 210 g/mol. The van der Waals surface area contributed by atoms with E-state index in [1.165, 1.54) is 25.6 Å². The topological polar surface area (TPSA) is 104 Å². The van der Waals surface area contributed by atoms with E-state index in [1.807, 2.05) is 0 Å². The van der Waals surface area contributed by atoms with E-state index in [2.05, 4.69) is 20.6 Å². The Hall–Kier alpha value is -2.18. The number of aromatic nitrogens is 2. The predicted octanol–water partition coefficient (Wildman–Crippen LogP) is 0.0712. The summed E-state index contributed by atoms with van der Waals surface area (Å²) in [6.45, 7) is 1.36. The van der Waals surface area contributed by atoms with Crippen molar-refractivity contribution in [1.82, 2.24) is 15.3 Å². The van der Waals surface area contributed by atoms with Gasteiger partial charge in [0, 0.05) is 0 Å². The Balaban J connectivity index is 2.47. The highest BCUT2D eigenvalue weighted by Crippen LogP contribution is 1.99. The number of carbonyl (C=O) groups excluding carboxylic acids is 1. The number of nitrogens with zero attached hydrogens (tertiary/aromatic N) is 2. The second-order valence-corrected chi connectivity index (χ2v) is 2.79. The molecule has 0 aliphatic heterocycles. The van der Waals surface area contributed by atoms with Crippen LogP contribution in [-0.4, -0.2) is 33.1 Å². The Morgan fingerprint density at radius 2 is 2.00 bits per heavy atom. The second-order valence-electron chi connectivity index (χ2n) is 2.79.